The molecule has 1 aromatic rings. The standard InChI is InChI=1S/C20H30F2N4.HI/c1-23-20(24-14-15-13-16(21)7-8-19(15)22)25-17-9-11-26(12-10-17)18-5-3-2-4-6-18;/h7-8,13,17-18H,2-6,9-12,14H2,1H3,(H2,23,24,25);1H. The van der Waals surface area contributed by atoms with Crippen molar-refractivity contribution >= 4 is 29.9 Å². The zero-order valence-electron chi connectivity index (χ0n) is 16.0. The van der Waals surface area contributed by atoms with Crippen LogP contribution in [0.3, 0.4) is 0 Å². The first-order valence-corrected chi connectivity index (χ1v) is 9.81. The highest BCUT2D eigenvalue weighted by Crippen LogP contribution is 2.25. The van der Waals surface area contributed by atoms with Gasteiger partial charge in [0.1, 0.15) is 11.6 Å². The minimum atomic E-state index is -0.429. The van der Waals surface area contributed by atoms with Gasteiger partial charge in [0, 0.05) is 44.3 Å². The van der Waals surface area contributed by atoms with Gasteiger partial charge in [-0.3, -0.25) is 4.99 Å². The molecule has 0 aromatic heterocycles. The monoisotopic (exact) mass is 492 g/mol. The number of nitrogens with one attached hydrogen (secondary N) is 2. The van der Waals surface area contributed by atoms with Crippen LogP contribution >= 0.6 is 24.0 Å². The van der Waals surface area contributed by atoms with Gasteiger partial charge in [-0.1, -0.05) is 19.3 Å². The number of rotatable bonds is 4. The van der Waals surface area contributed by atoms with Crippen molar-refractivity contribution in [1.29, 1.82) is 0 Å². The molecule has 2 fully saturated rings. The van der Waals surface area contributed by atoms with E-state index in [1.165, 1.54) is 38.2 Å². The van der Waals surface area contributed by atoms with Crippen molar-refractivity contribution in [3.05, 3.63) is 35.4 Å². The van der Waals surface area contributed by atoms with Crippen LogP contribution in [-0.2, 0) is 6.54 Å². The molecule has 1 saturated carbocycles. The van der Waals surface area contributed by atoms with Crippen LogP contribution in [0.1, 0.15) is 50.5 Å². The fraction of sp³-hybridized carbons (Fsp3) is 0.650. The highest BCUT2D eigenvalue weighted by atomic mass is 127. The summed E-state index contributed by atoms with van der Waals surface area (Å²) >= 11 is 0. The van der Waals surface area contributed by atoms with Crippen LogP contribution in [0.5, 0.6) is 0 Å². The second-order valence-electron chi connectivity index (χ2n) is 7.41. The van der Waals surface area contributed by atoms with Crippen LogP contribution in [-0.4, -0.2) is 43.1 Å². The minimum absolute atomic E-state index is 0. The topological polar surface area (TPSA) is 39.7 Å². The average Bonchev–Trinajstić information content (AvgIpc) is 2.68. The van der Waals surface area contributed by atoms with E-state index in [1.54, 1.807) is 7.05 Å². The molecule has 0 atom stereocenters. The summed E-state index contributed by atoms with van der Waals surface area (Å²) in [6.45, 7) is 2.46. The molecule has 2 aliphatic rings. The van der Waals surface area contributed by atoms with E-state index in [2.05, 4.69) is 20.5 Å². The third kappa shape index (κ3) is 6.55. The molecule has 0 radical (unpaired) electrons. The van der Waals surface area contributed by atoms with Crippen LogP contribution in [0.15, 0.2) is 23.2 Å². The second kappa shape index (κ2) is 11.1. The van der Waals surface area contributed by atoms with E-state index in [1.807, 2.05) is 0 Å². The maximum absolute atomic E-state index is 13.7. The van der Waals surface area contributed by atoms with Gasteiger partial charge in [-0.15, -0.1) is 24.0 Å². The summed E-state index contributed by atoms with van der Waals surface area (Å²) in [7, 11) is 1.70. The van der Waals surface area contributed by atoms with Gasteiger partial charge < -0.3 is 15.5 Å². The Morgan fingerprint density at radius 3 is 2.48 bits per heavy atom. The Kier molecular flexibility index (Phi) is 9.21. The normalized spacial score (nSPS) is 20.2. The van der Waals surface area contributed by atoms with Gasteiger partial charge in [0.2, 0.25) is 0 Å². The SMILES string of the molecule is CN=C(NCc1cc(F)ccc1F)NC1CCN(C2CCCCC2)CC1.I. The molecule has 2 N–H and O–H groups in total. The third-order valence-corrected chi connectivity index (χ3v) is 5.64. The van der Waals surface area contributed by atoms with E-state index in [0.717, 1.165) is 44.1 Å². The van der Waals surface area contributed by atoms with Crippen LogP contribution in [0.2, 0.25) is 0 Å². The summed E-state index contributed by atoms with van der Waals surface area (Å²) in [5, 5.41) is 6.52. The van der Waals surface area contributed by atoms with Crippen molar-refractivity contribution in [3.8, 4) is 0 Å². The zero-order valence-corrected chi connectivity index (χ0v) is 18.3. The predicted octanol–water partition coefficient (Wildman–Crippen LogP) is 4.04. The Labute approximate surface area is 178 Å². The average molecular weight is 492 g/mol. The largest absolute Gasteiger partial charge is 0.354 e. The molecule has 1 heterocycles. The molecule has 1 aromatic carbocycles. The Morgan fingerprint density at radius 2 is 1.81 bits per heavy atom. The van der Waals surface area contributed by atoms with Gasteiger partial charge >= 0.3 is 0 Å². The fourth-order valence-electron chi connectivity index (χ4n) is 4.10. The molecule has 4 nitrogen and oxygen atoms in total. The summed E-state index contributed by atoms with van der Waals surface area (Å²) in [5.41, 5.74) is 0.306. The number of halogens is 3. The molecule has 152 valence electrons. The van der Waals surface area contributed by atoms with Gasteiger partial charge in [0.15, 0.2) is 5.96 Å². The van der Waals surface area contributed by atoms with Crippen molar-refractivity contribution < 1.29 is 8.78 Å². The second-order valence-corrected chi connectivity index (χ2v) is 7.41. The fourth-order valence-corrected chi connectivity index (χ4v) is 4.10. The van der Waals surface area contributed by atoms with Crippen LogP contribution in [0, 0.1) is 11.6 Å². The smallest absolute Gasteiger partial charge is 0.191 e. The molecule has 0 spiro atoms. The maximum Gasteiger partial charge on any atom is 0.191 e. The number of nitrogens with zero attached hydrogens (tertiary/aromatic N) is 2. The molecule has 0 unspecified atom stereocenters. The predicted molar refractivity (Wildman–Crippen MR) is 117 cm³/mol. The Hall–Kier alpha value is -0.960. The van der Waals surface area contributed by atoms with Crippen LogP contribution in [0.25, 0.3) is 0 Å². The molecule has 1 aliphatic carbocycles. The number of likely N-dealkylation sites (tertiary alicyclic amines) is 1. The summed E-state index contributed by atoms with van der Waals surface area (Å²) in [5.74, 6) is -0.193. The highest BCUT2D eigenvalue weighted by Gasteiger charge is 2.26. The van der Waals surface area contributed by atoms with Crippen molar-refractivity contribution in [2.75, 3.05) is 20.1 Å². The third-order valence-electron chi connectivity index (χ3n) is 5.64. The van der Waals surface area contributed by atoms with E-state index in [9.17, 15) is 8.78 Å². The number of aliphatic imine (C=N–C) groups is 1. The van der Waals surface area contributed by atoms with Crippen molar-refractivity contribution in [3.63, 3.8) is 0 Å². The first kappa shape index (κ1) is 22.3. The number of guanidine groups is 1. The first-order chi connectivity index (χ1) is 12.7. The highest BCUT2D eigenvalue weighted by molar-refractivity contribution is 14.0. The molecule has 3 rings (SSSR count). The molecule has 27 heavy (non-hydrogen) atoms. The van der Waals surface area contributed by atoms with Crippen LogP contribution in [0.4, 0.5) is 8.78 Å². The Bertz CT molecular complexity index is 612. The zero-order chi connectivity index (χ0) is 18.4. The lowest BCUT2D eigenvalue weighted by atomic mass is 9.92. The molecule has 0 amide bonds. The molecular formula is C20H31F2IN4. The first-order valence-electron chi connectivity index (χ1n) is 9.81. The van der Waals surface area contributed by atoms with Gasteiger partial charge in [0.05, 0.1) is 0 Å². The van der Waals surface area contributed by atoms with Gasteiger partial charge in [0.25, 0.3) is 0 Å². The molecule has 1 saturated heterocycles. The summed E-state index contributed by atoms with van der Waals surface area (Å²) < 4.78 is 27.0. The lowest BCUT2D eigenvalue weighted by molar-refractivity contribution is 0.119. The lowest BCUT2D eigenvalue weighted by Crippen LogP contribution is -2.50. The Balaban J connectivity index is 0.00000261. The van der Waals surface area contributed by atoms with E-state index >= 15 is 0 Å². The maximum atomic E-state index is 13.7. The summed E-state index contributed by atoms with van der Waals surface area (Å²) in [6.07, 6.45) is 9.01. The van der Waals surface area contributed by atoms with E-state index in [-0.39, 0.29) is 30.5 Å². The Morgan fingerprint density at radius 1 is 1.11 bits per heavy atom. The van der Waals surface area contributed by atoms with Crippen molar-refractivity contribution in [2.24, 2.45) is 4.99 Å². The molecule has 0 bridgehead atoms. The number of hydrogen-bond acceptors (Lipinski definition) is 2. The van der Waals surface area contributed by atoms with Gasteiger partial charge in [-0.25, -0.2) is 8.78 Å². The quantitative estimate of drug-likeness (QED) is 0.379. The van der Waals surface area contributed by atoms with E-state index < -0.39 is 11.6 Å². The molecule has 1 aliphatic heterocycles. The van der Waals surface area contributed by atoms with E-state index in [0.29, 0.717) is 17.6 Å². The number of piperidine rings is 1. The minimum Gasteiger partial charge on any atom is -0.354 e. The van der Waals surface area contributed by atoms with Crippen molar-refractivity contribution in [2.45, 2.75) is 63.6 Å². The van der Waals surface area contributed by atoms with Gasteiger partial charge in [-0.2, -0.15) is 0 Å². The number of benzene rings is 1. The summed E-state index contributed by atoms with van der Waals surface area (Å²) in [6, 6.07) is 4.66. The number of hydrogen-bond donors (Lipinski definition) is 2. The van der Waals surface area contributed by atoms with Crippen LogP contribution < -0.4 is 10.6 Å². The van der Waals surface area contributed by atoms with Gasteiger partial charge in [-0.05, 0) is 43.9 Å². The van der Waals surface area contributed by atoms with E-state index in [4.69, 9.17) is 0 Å². The lowest BCUT2D eigenvalue weighted by Gasteiger charge is -2.39. The molecule has 7 heteroatoms. The summed E-state index contributed by atoms with van der Waals surface area (Å²) in [4.78, 5) is 6.87. The molecular weight excluding hydrogens is 461 g/mol. The van der Waals surface area contributed by atoms with Crippen molar-refractivity contribution in [1.82, 2.24) is 15.5 Å².